The molecule has 28 heavy (non-hydrogen) atoms. The van der Waals surface area contributed by atoms with Gasteiger partial charge < -0.3 is 5.32 Å². The molecule has 0 amide bonds. The van der Waals surface area contributed by atoms with Gasteiger partial charge in [-0.2, -0.15) is 15.0 Å². The summed E-state index contributed by atoms with van der Waals surface area (Å²) >= 11 is 8.51. The highest BCUT2D eigenvalue weighted by Crippen LogP contribution is 2.30. The zero-order valence-electron chi connectivity index (χ0n) is 14.4. The Labute approximate surface area is 178 Å². The lowest BCUT2D eigenvalue weighted by atomic mass is 10.2. The molecule has 0 saturated carbocycles. The minimum Gasteiger partial charge on any atom is -0.360 e. The van der Waals surface area contributed by atoms with Crippen molar-refractivity contribution in [1.29, 1.82) is 5.26 Å². The number of benzene rings is 1. The third-order valence-corrected chi connectivity index (χ3v) is 4.87. The molecule has 0 bridgehead atoms. The number of fused-ring (bicyclic) bond motifs is 1. The van der Waals surface area contributed by atoms with Gasteiger partial charge >= 0.3 is 0 Å². The van der Waals surface area contributed by atoms with E-state index in [1.807, 2.05) is 25.1 Å². The predicted molar refractivity (Wildman–Crippen MR) is 111 cm³/mol. The van der Waals surface area contributed by atoms with Gasteiger partial charge in [-0.1, -0.05) is 11.6 Å². The van der Waals surface area contributed by atoms with Crippen molar-refractivity contribution in [2.24, 2.45) is 0 Å². The van der Waals surface area contributed by atoms with E-state index in [2.05, 4.69) is 57.9 Å². The van der Waals surface area contributed by atoms with Gasteiger partial charge in [-0.25, -0.2) is 24.9 Å². The molecule has 1 aromatic carbocycles. The van der Waals surface area contributed by atoms with Gasteiger partial charge in [0.05, 0.1) is 16.6 Å². The summed E-state index contributed by atoms with van der Waals surface area (Å²) < 4.78 is 2.54. The summed E-state index contributed by atoms with van der Waals surface area (Å²) in [5.74, 6) is 1.69. The van der Waals surface area contributed by atoms with Crippen LogP contribution < -0.4 is 5.32 Å². The van der Waals surface area contributed by atoms with Crippen molar-refractivity contribution < 1.29 is 0 Å². The van der Waals surface area contributed by atoms with Crippen LogP contribution in [0.15, 0.2) is 37.2 Å². The monoisotopic (exact) mass is 503 g/mol. The Morgan fingerprint density at radius 2 is 1.93 bits per heavy atom. The van der Waals surface area contributed by atoms with Crippen LogP contribution in [-0.4, -0.2) is 34.7 Å². The van der Waals surface area contributed by atoms with E-state index in [0.29, 0.717) is 28.0 Å². The second-order valence-corrected chi connectivity index (χ2v) is 7.43. The number of hydrogen-bond donors (Lipinski definition) is 1. The lowest BCUT2D eigenvalue weighted by Crippen LogP contribution is -2.15. The normalized spacial score (nSPS) is 11.9. The van der Waals surface area contributed by atoms with Crippen LogP contribution in [0, 0.1) is 14.9 Å². The summed E-state index contributed by atoms with van der Waals surface area (Å²) in [5.41, 5.74) is 0.917. The third kappa shape index (κ3) is 3.46. The van der Waals surface area contributed by atoms with Gasteiger partial charge in [-0.15, -0.1) is 0 Å². The van der Waals surface area contributed by atoms with Crippen molar-refractivity contribution in [1.82, 2.24) is 34.7 Å². The molecule has 0 aliphatic carbocycles. The minimum atomic E-state index is -0.266. The topological polar surface area (TPSA) is 118 Å². The molecular formula is C17H11ClIN9. The molecule has 0 spiro atoms. The van der Waals surface area contributed by atoms with Gasteiger partial charge in [-0.05, 0) is 41.6 Å². The van der Waals surface area contributed by atoms with Crippen LogP contribution in [0.5, 0.6) is 0 Å². The van der Waals surface area contributed by atoms with Gasteiger partial charge in [0.15, 0.2) is 11.6 Å². The van der Waals surface area contributed by atoms with E-state index < -0.39 is 0 Å². The Morgan fingerprint density at radius 1 is 1.11 bits per heavy atom. The van der Waals surface area contributed by atoms with Crippen molar-refractivity contribution in [3.05, 3.63) is 57.3 Å². The summed E-state index contributed by atoms with van der Waals surface area (Å²) in [5, 5.41) is 18.0. The number of hydrogen-bond acceptors (Lipinski definition) is 8. The SMILES string of the molecule is C[C@H](Nc1ncnc2c(Cl)cc(I)cc12)c1ncnn1-c1cc(C#N)ncn1. The Kier molecular flexibility index (Phi) is 5.01. The maximum absolute atomic E-state index is 9.05. The van der Waals surface area contributed by atoms with Crippen molar-refractivity contribution in [3.63, 3.8) is 0 Å². The molecule has 11 heteroatoms. The van der Waals surface area contributed by atoms with Crippen LogP contribution in [0.3, 0.4) is 0 Å². The van der Waals surface area contributed by atoms with Crippen LogP contribution in [0.4, 0.5) is 5.82 Å². The molecule has 3 aromatic heterocycles. The molecule has 138 valence electrons. The first-order valence-corrected chi connectivity index (χ1v) is 9.51. The predicted octanol–water partition coefficient (Wildman–Crippen LogP) is 3.30. The molecule has 0 fully saturated rings. The zero-order chi connectivity index (χ0) is 19.7. The fourth-order valence-electron chi connectivity index (χ4n) is 2.72. The zero-order valence-corrected chi connectivity index (χ0v) is 17.3. The van der Waals surface area contributed by atoms with Crippen molar-refractivity contribution in [3.8, 4) is 11.9 Å². The van der Waals surface area contributed by atoms with E-state index >= 15 is 0 Å². The number of rotatable bonds is 4. The molecular weight excluding hydrogens is 493 g/mol. The highest BCUT2D eigenvalue weighted by atomic mass is 127. The number of nitrogens with one attached hydrogen (secondary N) is 1. The summed E-state index contributed by atoms with van der Waals surface area (Å²) in [6, 6.07) is 7.09. The van der Waals surface area contributed by atoms with Crippen LogP contribution in [0.2, 0.25) is 5.02 Å². The molecule has 9 nitrogen and oxygen atoms in total. The molecule has 3 heterocycles. The lowest BCUT2D eigenvalue weighted by Gasteiger charge is -2.16. The first-order chi connectivity index (χ1) is 13.6. The average Bonchev–Trinajstić information content (AvgIpc) is 3.18. The first-order valence-electron chi connectivity index (χ1n) is 8.05. The van der Waals surface area contributed by atoms with Gasteiger partial charge in [0.2, 0.25) is 0 Å². The molecule has 4 aromatic rings. The fourth-order valence-corrected chi connectivity index (χ4v) is 3.80. The van der Waals surface area contributed by atoms with E-state index in [0.717, 1.165) is 8.96 Å². The molecule has 0 aliphatic heterocycles. The van der Waals surface area contributed by atoms with E-state index in [-0.39, 0.29) is 11.7 Å². The maximum atomic E-state index is 9.05. The van der Waals surface area contributed by atoms with Gasteiger partial charge in [0.1, 0.15) is 36.6 Å². The number of nitriles is 1. The fraction of sp³-hybridized carbons (Fsp3) is 0.118. The maximum Gasteiger partial charge on any atom is 0.160 e. The number of nitrogens with zero attached hydrogens (tertiary/aromatic N) is 8. The highest BCUT2D eigenvalue weighted by Gasteiger charge is 2.18. The highest BCUT2D eigenvalue weighted by molar-refractivity contribution is 14.1. The Hall–Kier alpha value is -2.91. The number of halogens is 2. The molecule has 1 atom stereocenters. The minimum absolute atomic E-state index is 0.248. The van der Waals surface area contributed by atoms with E-state index in [4.69, 9.17) is 16.9 Å². The quantitative estimate of drug-likeness (QED) is 0.422. The summed E-state index contributed by atoms with van der Waals surface area (Å²) in [7, 11) is 0. The van der Waals surface area contributed by atoms with Gasteiger partial charge in [0.25, 0.3) is 0 Å². The molecule has 4 rings (SSSR count). The second-order valence-electron chi connectivity index (χ2n) is 5.78. The average molecular weight is 504 g/mol. The Bertz CT molecular complexity index is 1220. The van der Waals surface area contributed by atoms with Gasteiger partial charge in [0, 0.05) is 15.0 Å². The Balaban J connectivity index is 1.71. The third-order valence-electron chi connectivity index (χ3n) is 3.96. The smallest absolute Gasteiger partial charge is 0.160 e. The van der Waals surface area contributed by atoms with E-state index in [9.17, 15) is 0 Å². The van der Waals surface area contributed by atoms with Crippen molar-refractivity contribution >= 4 is 50.9 Å². The molecule has 1 N–H and O–H groups in total. The van der Waals surface area contributed by atoms with Crippen molar-refractivity contribution in [2.75, 3.05) is 5.32 Å². The van der Waals surface area contributed by atoms with Crippen LogP contribution in [-0.2, 0) is 0 Å². The largest absolute Gasteiger partial charge is 0.360 e. The van der Waals surface area contributed by atoms with Crippen LogP contribution in [0.1, 0.15) is 24.5 Å². The van der Waals surface area contributed by atoms with Crippen molar-refractivity contribution in [2.45, 2.75) is 13.0 Å². The van der Waals surface area contributed by atoms with Crippen LogP contribution in [0.25, 0.3) is 16.7 Å². The summed E-state index contributed by atoms with van der Waals surface area (Å²) in [4.78, 5) is 21.0. The molecule has 0 radical (unpaired) electrons. The van der Waals surface area contributed by atoms with E-state index in [1.165, 1.54) is 19.0 Å². The Morgan fingerprint density at radius 3 is 2.75 bits per heavy atom. The summed E-state index contributed by atoms with van der Waals surface area (Å²) in [6.45, 7) is 1.93. The van der Waals surface area contributed by atoms with Gasteiger partial charge in [-0.3, -0.25) is 0 Å². The second kappa shape index (κ2) is 7.61. The number of anilines is 1. The van der Waals surface area contributed by atoms with Crippen LogP contribution >= 0.6 is 34.2 Å². The molecule has 0 aliphatic rings. The van der Waals surface area contributed by atoms with E-state index in [1.54, 1.807) is 10.7 Å². The standard InChI is InChI=1S/C17H11ClIN9/c1-9(17-25-8-26-28(17)14-4-11(5-20)21-6-22-14)27-16-12-2-10(19)3-13(18)15(12)23-7-24-16/h2-4,6-9H,1H3,(H,23,24,27)/t9-/m0/s1. The molecule has 0 saturated heterocycles. The molecule has 0 unspecified atom stereocenters. The summed E-state index contributed by atoms with van der Waals surface area (Å²) in [6.07, 6.45) is 4.21. The first kappa shape index (κ1) is 18.5. The number of aromatic nitrogens is 7. The lowest BCUT2D eigenvalue weighted by molar-refractivity contribution is 0.708.